The van der Waals surface area contributed by atoms with Crippen LogP contribution < -0.4 is 5.32 Å². The lowest BCUT2D eigenvalue weighted by molar-refractivity contribution is 0.590. The minimum atomic E-state index is 0.537. The first-order valence-corrected chi connectivity index (χ1v) is 6.72. The SMILES string of the molecule is CC(C)NCCc1nc(-c2ccncc2)cs1. The second-order valence-electron chi connectivity index (χ2n) is 4.22. The third-order valence-electron chi connectivity index (χ3n) is 2.42. The summed E-state index contributed by atoms with van der Waals surface area (Å²) in [6.07, 6.45) is 4.59. The van der Waals surface area contributed by atoms with Crippen LogP contribution in [0.15, 0.2) is 29.9 Å². The van der Waals surface area contributed by atoms with E-state index in [1.165, 1.54) is 5.01 Å². The molecule has 2 aromatic rings. The molecule has 0 aliphatic heterocycles. The topological polar surface area (TPSA) is 37.8 Å². The van der Waals surface area contributed by atoms with Crippen LogP contribution in [-0.2, 0) is 6.42 Å². The van der Waals surface area contributed by atoms with Crippen LogP contribution in [0.4, 0.5) is 0 Å². The molecule has 4 heteroatoms. The van der Waals surface area contributed by atoms with Crippen LogP contribution in [0, 0.1) is 0 Å². The zero-order valence-electron chi connectivity index (χ0n) is 10.2. The molecule has 0 fully saturated rings. The number of aromatic nitrogens is 2. The van der Waals surface area contributed by atoms with E-state index in [1.807, 2.05) is 12.1 Å². The Morgan fingerprint density at radius 2 is 2.06 bits per heavy atom. The van der Waals surface area contributed by atoms with Gasteiger partial charge in [0.2, 0.25) is 0 Å². The maximum Gasteiger partial charge on any atom is 0.0945 e. The summed E-state index contributed by atoms with van der Waals surface area (Å²) in [7, 11) is 0. The molecule has 0 unspecified atom stereocenters. The third kappa shape index (κ3) is 3.61. The fourth-order valence-electron chi connectivity index (χ4n) is 1.55. The van der Waals surface area contributed by atoms with Crippen LogP contribution in [0.2, 0.25) is 0 Å². The highest BCUT2D eigenvalue weighted by Gasteiger charge is 2.04. The number of hydrogen-bond donors (Lipinski definition) is 1. The van der Waals surface area contributed by atoms with Crippen LogP contribution >= 0.6 is 11.3 Å². The van der Waals surface area contributed by atoms with E-state index in [-0.39, 0.29) is 0 Å². The zero-order valence-corrected chi connectivity index (χ0v) is 11.0. The van der Waals surface area contributed by atoms with Gasteiger partial charge in [-0.2, -0.15) is 0 Å². The van der Waals surface area contributed by atoms with Crippen LogP contribution in [0.3, 0.4) is 0 Å². The van der Waals surface area contributed by atoms with Gasteiger partial charge < -0.3 is 5.32 Å². The van der Waals surface area contributed by atoms with Crippen molar-refractivity contribution in [3.05, 3.63) is 34.9 Å². The summed E-state index contributed by atoms with van der Waals surface area (Å²) in [6.45, 7) is 5.30. The molecule has 90 valence electrons. The first kappa shape index (κ1) is 12.2. The minimum Gasteiger partial charge on any atom is -0.314 e. The maximum atomic E-state index is 4.63. The molecule has 2 aromatic heterocycles. The van der Waals surface area contributed by atoms with Gasteiger partial charge in [0.25, 0.3) is 0 Å². The Labute approximate surface area is 106 Å². The third-order valence-corrected chi connectivity index (χ3v) is 3.33. The van der Waals surface area contributed by atoms with E-state index in [9.17, 15) is 0 Å². The fraction of sp³-hybridized carbons (Fsp3) is 0.385. The molecule has 0 saturated carbocycles. The van der Waals surface area contributed by atoms with Crippen LogP contribution in [0.1, 0.15) is 18.9 Å². The van der Waals surface area contributed by atoms with Gasteiger partial charge in [-0.15, -0.1) is 11.3 Å². The molecule has 0 atom stereocenters. The predicted molar refractivity (Wildman–Crippen MR) is 72.2 cm³/mol. The summed E-state index contributed by atoms with van der Waals surface area (Å²) in [6, 6.07) is 4.52. The lowest BCUT2D eigenvalue weighted by atomic mass is 10.2. The van der Waals surface area contributed by atoms with Crippen molar-refractivity contribution in [3.63, 3.8) is 0 Å². The van der Waals surface area contributed by atoms with E-state index in [4.69, 9.17) is 0 Å². The molecule has 0 radical (unpaired) electrons. The number of thiazole rings is 1. The molecule has 0 aliphatic rings. The quantitative estimate of drug-likeness (QED) is 0.883. The summed E-state index contributed by atoms with van der Waals surface area (Å²) < 4.78 is 0. The molecule has 3 nitrogen and oxygen atoms in total. The number of nitrogens with zero attached hydrogens (tertiary/aromatic N) is 2. The molecule has 1 N–H and O–H groups in total. The molecular formula is C13H17N3S. The number of nitrogens with one attached hydrogen (secondary N) is 1. The van der Waals surface area contributed by atoms with Crippen molar-refractivity contribution in [2.24, 2.45) is 0 Å². The molecule has 0 aromatic carbocycles. The van der Waals surface area contributed by atoms with Crippen molar-refractivity contribution in [2.45, 2.75) is 26.3 Å². The summed E-state index contributed by atoms with van der Waals surface area (Å²) >= 11 is 1.72. The van der Waals surface area contributed by atoms with E-state index in [2.05, 4.69) is 34.5 Å². The molecule has 0 saturated heterocycles. The lowest BCUT2D eigenvalue weighted by Gasteiger charge is -2.05. The van der Waals surface area contributed by atoms with Crippen molar-refractivity contribution in [1.29, 1.82) is 0 Å². The van der Waals surface area contributed by atoms with Crippen LogP contribution in [0.5, 0.6) is 0 Å². The fourth-order valence-corrected chi connectivity index (χ4v) is 2.36. The smallest absolute Gasteiger partial charge is 0.0945 e. The second-order valence-corrected chi connectivity index (χ2v) is 5.16. The summed E-state index contributed by atoms with van der Waals surface area (Å²) in [4.78, 5) is 8.64. The van der Waals surface area contributed by atoms with Crippen molar-refractivity contribution in [2.75, 3.05) is 6.54 Å². The van der Waals surface area contributed by atoms with E-state index in [0.717, 1.165) is 24.2 Å². The molecule has 2 rings (SSSR count). The van der Waals surface area contributed by atoms with E-state index in [1.54, 1.807) is 23.7 Å². The maximum absolute atomic E-state index is 4.63. The van der Waals surface area contributed by atoms with Gasteiger partial charge in [0.05, 0.1) is 10.7 Å². The van der Waals surface area contributed by atoms with Gasteiger partial charge >= 0.3 is 0 Å². The molecule has 0 spiro atoms. The summed E-state index contributed by atoms with van der Waals surface area (Å²) in [5.41, 5.74) is 2.19. The van der Waals surface area contributed by atoms with Gasteiger partial charge in [-0.3, -0.25) is 4.98 Å². The summed E-state index contributed by atoms with van der Waals surface area (Å²) in [5.74, 6) is 0. The van der Waals surface area contributed by atoms with E-state index in [0.29, 0.717) is 6.04 Å². The van der Waals surface area contributed by atoms with Gasteiger partial charge in [0.1, 0.15) is 0 Å². The Kier molecular flexibility index (Phi) is 4.23. The predicted octanol–water partition coefficient (Wildman–Crippen LogP) is 2.75. The highest BCUT2D eigenvalue weighted by Crippen LogP contribution is 2.21. The molecule has 0 aliphatic carbocycles. The zero-order chi connectivity index (χ0) is 12.1. The first-order valence-electron chi connectivity index (χ1n) is 5.84. The Morgan fingerprint density at radius 3 is 2.76 bits per heavy atom. The highest BCUT2D eigenvalue weighted by atomic mass is 32.1. The minimum absolute atomic E-state index is 0.537. The van der Waals surface area contributed by atoms with Crippen molar-refractivity contribution in [3.8, 4) is 11.3 Å². The molecule has 0 amide bonds. The van der Waals surface area contributed by atoms with Crippen LogP contribution in [-0.4, -0.2) is 22.6 Å². The average molecular weight is 247 g/mol. The van der Waals surface area contributed by atoms with Gasteiger partial charge in [-0.05, 0) is 12.1 Å². The van der Waals surface area contributed by atoms with Gasteiger partial charge in [0.15, 0.2) is 0 Å². The Hall–Kier alpha value is -1.26. The van der Waals surface area contributed by atoms with Gasteiger partial charge in [0, 0.05) is 42.3 Å². The highest BCUT2D eigenvalue weighted by molar-refractivity contribution is 7.09. The Balaban J connectivity index is 1.97. The average Bonchev–Trinajstić information content (AvgIpc) is 2.78. The Bertz CT molecular complexity index is 451. The van der Waals surface area contributed by atoms with Gasteiger partial charge in [-0.25, -0.2) is 4.98 Å². The Morgan fingerprint density at radius 1 is 1.29 bits per heavy atom. The number of hydrogen-bond acceptors (Lipinski definition) is 4. The van der Waals surface area contributed by atoms with Crippen molar-refractivity contribution in [1.82, 2.24) is 15.3 Å². The first-order chi connectivity index (χ1) is 8.25. The van der Waals surface area contributed by atoms with Crippen molar-refractivity contribution < 1.29 is 0 Å². The van der Waals surface area contributed by atoms with Crippen molar-refractivity contribution >= 4 is 11.3 Å². The van der Waals surface area contributed by atoms with Crippen LogP contribution in [0.25, 0.3) is 11.3 Å². The largest absolute Gasteiger partial charge is 0.314 e. The van der Waals surface area contributed by atoms with E-state index < -0.39 is 0 Å². The lowest BCUT2D eigenvalue weighted by Crippen LogP contribution is -2.24. The molecular weight excluding hydrogens is 230 g/mol. The molecule has 17 heavy (non-hydrogen) atoms. The molecule has 2 heterocycles. The second kappa shape index (κ2) is 5.89. The van der Waals surface area contributed by atoms with Gasteiger partial charge in [-0.1, -0.05) is 13.8 Å². The standard InChI is InChI=1S/C13H17N3S/c1-10(2)15-8-5-13-16-12(9-17-13)11-3-6-14-7-4-11/h3-4,6-7,9-10,15H,5,8H2,1-2H3. The van der Waals surface area contributed by atoms with E-state index >= 15 is 0 Å². The molecule has 0 bridgehead atoms. The number of pyridine rings is 1. The number of rotatable bonds is 5. The monoisotopic (exact) mass is 247 g/mol. The normalized spacial score (nSPS) is 11.0. The summed E-state index contributed by atoms with van der Waals surface area (Å²) in [5, 5.41) is 6.70.